The third-order valence-corrected chi connectivity index (χ3v) is 5.61. The quantitative estimate of drug-likeness (QED) is 0.670. The molecule has 164 valence electrons. The molecule has 2 aromatic rings. The molecule has 1 aliphatic rings. The number of carbonyl (C=O) groups excluding carboxylic acids is 2. The fourth-order valence-electron chi connectivity index (χ4n) is 3.82. The summed E-state index contributed by atoms with van der Waals surface area (Å²) in [5.74, 6) is 0.856. The minimum Gasteiger partial charge on any atom is -0.493 e. The summed E-state index contributed by atoms with van der Waals surface area (Å²) in [4.78, 5) is 27.2. The van der Waals surface area contributed by atoms with Crippen LogP contribution in [0.5, 0.6) is 11.5 Å². The summed E-state index contributed by atoms with van der Waals surface area (Å²) in [7, 11) is 4.82. The molecule has 1 N–H and O–H groups in total. The number of ether oxygens (including phenoxy) is 2. The maximum absolute atomic E-state index is 12.9. The van der Waals surface area contributed by atoms with Crippen molar-refractivity contribution in [2.75, 3.05) is 26.2 Å². The first-order chi connectivity index (χ1) is 15.0. The Morgan fingerprint density at radius 1 is 1.00 bits per heavy atom. The number of hydrogen-bond acceptors (Lipinski definition) is 4. The normalized spacial score (nSPS) is 14.3. The summed E-state index contributed by atoms with van der Waals surface area (Å²) in [6, 6.07) is 12.8. The van der Waals surface area contributed by atoms with Gasteiger partial charge in [-0.2, -0.15) is 0 Å². The highest BCUT2D eigenvalue weighted by molar-refractivity contribution is 6.08. The maximum atomic E-state index is 12.9. The van der Waals surface area contributed by atoms with Crippen LogP contribution in [0.2, 0.25) is 0 Å². The maximum Gasteiger partial charge on any atom is 0.253 e. The van der Waals surface area contributed by atoms with Crippen LogP contribution < -0.4 is 19.7 Å². The standard InChI is InChI=1S/C25H30N2O4/c1-27(24(28)16-14-18-13-15-22(30-2)23(17-18)31-3)21-12-8-7-11-20(21)25(29)26-19-9-5-4-6-10-19/h7-8,11-17,19H,4-6,9-10H2,1-3H3,(H,26,29)/b16-14+. The van der Waals surface area contributed by atoms with E-state index in [1.54, 1.807) is 51.6 Å². The van der Waals surface area contributed by atoms with Crippen LogP contribution in [-0.2, 0) is 4.79 Å². The molecular formula is C25H30N2O4. The van der Waals surface area contributed by atoms with Gasteiger partial charge in [-0.15, -0.1) is 0 Å². The lowest BCUT2D eigenvalue weighted by molar-refractivity contribution is -0.113. The first kappa shape index (κ1) is 22.4. The van der Waals surface area contributed by atoms with Crippen molar-refractivity contribution < 1.29 is 19.1 Å². The van der Waals surface area contributed by atoms with Crippen molar-refractivity contribution >= 4 is 23.6 Å². The zero-order valence-electron chi connectivity index (χ0n) is 18.4. The van der Waals surface area contributed by atoms with Gasteiger partial charge in [0, 0.05) is 19.2 Å². The van der Waals surface area contributed by atoms with Gasteiger partial charge in [-0.3, -0.25) is 9.59 Å². The van der Waals surface area contributed by atoms with Gasteiger partial charge >= 0.3 is 0 Å². The topological polar surface area (TPSA) is 67.9 Å². The smallest absolute Gasteiger partial charge is 0.253 e. The van der Waals surface area contributed by atoms with E-state index in [0.29, 0.717) is 22.7 Å². The van der Waals surface area contributed by atoms with Crippen LogP contribution in [0.4, 0.5) is 5.69 Å². The zero-order chi connectivity index (χ0) is 22.2. The molecule has 0 atom stereocenters. The molecule has 0 saturated heterocycles. The molecule has 2 aromatic carbocycles. The second kappa shape index (κ2) is 10.7. The van der Waals surface area contributed by atoms with Crippen LogP contribution >= 0.6 is 0 Å². The number of para-hydroxylation sites is 1. The summed E-state index contributed by atoms with van der Waals surface area (Å²) in [5, 5.41) is 3.13. The minimum absolute atomic E-state index is 0.133. The molecule has 3 rings (SSSR count). The van der Waals surface area contributed by atoms with Crippen molar-refractivity contribution in [1.29, 1.82) is 0 Å². The largest absolute Gasteiger partial charge is 0.493 e. The van der Waals surface area contributed by atoms with Crippen molar-refractivity contribution in [2.24, 2.45) is 0 Å². The van der Waals surface area contributed by atoms with Gasteiger partial charge in [-0.25, -0.2) is 0 Å². The highest BCUT2D eigenvalue weighted by Gasteiger charge is 2.21. The van der Waals surface area contributed by atoms with Crippen LogP contribution in [0.1, 0.15) is 48.0 Å². The Bertz CT molecular complexity index is 948. The van der Waals surface area contributed by atoms with E-state index < -0.39 is 0 Å². The number of carbonyl (C=O) groups is 2. The number of benzene rings is 2. The van der Waals surface area contributed by atoms with E-state index in [0.717, 1.165) is 31.2 Å². The van der Waals surface area contributed by atoms with Gasteiger partial charge in [-0.1, -0.05) is 37.5 Å². The molecule has 0 radical (unpaired) electrons. The van der Waals surface area contributed by atoms with Crippen LogP contribution in [0.3, 0.4) is 0 Å². The van der Waals surface area contributed by atoms with E-state index in [9.17, 15) is 9.59 Å². The number of nitrogens with one attached hydrogen (secondary N) is 1. The molecule has 0 aliphatic heterocycles. The third-order valence-electron chi connectivity index (χ3n) is 5.61. The highest BCUT2D eigenvalue weighted by atomic mass is 16.5. The summed E-state index contributed by atoms with van der Waals surface area (Å²) < 4.78 is 10.5. The van der Waals surface area contributed by atoms with Crippen molar-refractivity contribution in [3.05, 3.63) is 59.7 Å². The van der Waals surface area contributed by atoms with E-state index in [-0.39, 0.29) is 17.9 Å². The zero-order valence-corrected chi connectivity index (χ0v) is 18.4. The predicted octanol–water partition coefficient (Wildman–Crippen LogP) is 4.44. The number of nitrogens with zero attached hydrogens (tertiary/aromatic N) is 1. The van der Waals surface area contributed by atoms with Crippen LogP contribution in [0.25, 0.3) is 6.08 Å². The summed E-state index contributed by atoms with van der Waals surface area (Å²) in [5.41, 5.74) is 1.89. The van der Waals surface area contributed by atoms with Gasteiger partial charge in [0.05, 0.1) is 25.5 Å². The van der Waals surface area contributed by atoms with Crippen molar-refractivity contribution in [3.63, 3.8) is 0 Å². The lowest BCUT2D eigenvalue weighted by Crippen LogP contribution is -2.37. The van der Waals surface area contributed by atoms with Gasteiger partial charge in [-0.05, 0) is 48.7 Å². The molecular weight excluding hydrogens is 392 g/mol. The van der Waals surface area contributed by atoms with E-state index in [1.807, 2.05) is 18.2 Å². The molecule has 0 bridgehead atoms. The van der Waals surface area contributed by atoms with Gasteiger partial charge < -0.3 is 19.7 Å². The van der Waals surface area contributed by atoms with Crippen molar-refractivity contribution in [2.45, 2.75) is 38.1 Å². The molecule has 0 unspecified atom stereocenters. The number of hydrogen-bond donors (Lipinski definition) is 1. The van der Waals surface area contributed by atoms with Crippen LogP contribution in [0.15, 0.2) is 48.5 Å². The Kier molecular flexibility index (Phi) is 7.70. The van der Waals surface area contributed by atoms with E-state index in [2.05, 4.69) is 5.32 Å². The highest BCUT2D eigenvalue weighted by Crippen LogP contribution is 2.28. The molecule has 2 amide bonds. The summed E-state index contributed by atoms with van der Waals surface area (Å²) in [6.07, 6.45) is 8.74. The van der Waals surface area contributed by atoms with E-state index >= 15 is 0 Å². The van der Waals surface area contributed by atoms with Gasteiger partial charge in [0.1, 0.15) is 0 Å². The number of rotatable bonds is 7. The SMILES string of the molecule is COc1ccc(/C=C/C(=O)N(C)c2ccccc2C(=O)NC2CCCCC2)cc1OC. The van der Waals surface area contributed by atoms with Crippen LogP contribution in [0, 0.1) is 0 Å². The summed E-state index contributed by atoms with van der Waals surface area (Å²) >= 11 is 0. The van der Waals surface area contributed by atoms with Gasteiger partial charge in [0.25, 0.3) is 11.8 Å². The lowest BCUT2D eigenvalue weighted by Gasteiger charge is -2.24. The Labute approximate surface area is 183 Å². The Morgan fingerprint density at radius 3 is 2.42 bits per heavy atom. The van der Waals surface area contributed by atoms with Crippen molar-refractivity contribution in [3.8, 4) is 11.5 Å². The first-order valence-electron chi connectivity index (χ1n) is 10.6. The molecule has 1 fully saturated rings. The number of methoxy groups -OCH3 is 2. The Hall–Kier alpha value is -3.28. The van der Waals surface area contributed by atoms with E-state index in [4.69, 9.17) is 9.47 Å². The lowest BCUT2D eigenvalue weighted by atomic mass is 9.95. The van der Waals surface area contributed by atoms with Crippen molar-refractivity contribution in [1.82, 2.24) is 5.32 Å². The van der Waals surface area contributed by atoms with Gasteiger partial charge in [0.15, 0.2) is 11.5 Å². The fourth-order valence-corrected chi connectivity index (χ4v) is 3.82. The number of likely N-dealkylation sites (N-methyl/N-ethyl adjacent to an activating group) is 1. The Morgan fingerprint density at radius 2 is 1.71 bits per heavy atom. The fraction of sp³-hybridized carbons (Fsp3) is 0.360. The minimum atomic E-state index is -0.229. The second-order valence-corrected chi connectivity index (χ2v) is 7.67. The molecule has 0 spiro atoms. The predicted molar refractivity (Wildman–Crippen MR) is 123 cm³/mol. The average Bonchev–Trinajstić information content (AvgIpc) is 2.82. The average molecular weight is 423 g/mol. The van der Waals surface area contributed by atoms with Gasteiger partial charge in [0.2, 0.25) is 0 Å². The molecule has 1 aliphatic carbocycles. The second-order valence-electron chi connectivity index (χ2n) is 7.67. The Balaban J connectivity index is 1.73. The monoisotopic (exact) mass is 422 g/mol. The molecule has 0 aromatic heterocycles. The molecule has 0 heterocycles. The molecule has 6 heteroatoms. The van der Waals surface area contributed by atoms with Crippen LogP contribution in [-0.4, -0.2) is 39.1 Å². The number of amides is 2. The molecule has 1 saturated carbocycles. The number of anilines is 1. The molecule has 31 heavy (non-hydrogen) atoms. The first-order valence-corrected chi connectivity index (χ1v) is 10.6. The summed E-state index contributed by atoms with van der Waals surface area (Å²) in [6.45, 7) is 0. The molecule has 6 nitrogen and oxygen atoms in total. The van der Waals surface area contributed by atoms with E-state index in [1.165, 1.54) is 17.4 Å². The third kappa shape index (κ3) is 5.66.